The lowest BCUT2D eigenvalue weighted by atomic mass is 10.1. The van der Waals surface area contributed by atoms with E-state index in [1.54, 1.807) is 0 Å². The number of rotatable bonds is 3. The Bertz CT molecular complexity index is 557. The smallest absolute Gasteiger partial charge is 0.277 e. The van der Waals surface area contributed by atoms with Gasteiger partial charge < -0.3 is 14.7 Å². The zero-order valence-corrected chi connectivity index (χ0v) is 11.2. The minimum Gasteiger partial charge on any atom is -0.372 e. The largest absolute Gasteiger partial charge is 0.372 e. The van der Waals surface area contributed by atoms with Crippen molar-refractivity contribution in [1.29, 1.82) is 0 Å². The van der Waals surface area contributed by atoms with Gasteiger partial charge in [0.25, 0.3) is 5.91 Å². The van der Waals surface area contributed by atoms with E-state index in [-0.39, 0.29) is 11.6 Å². The van der Waals surface area contributed by atoms with Gasteiger partial charge in [-0.25, -0.2) is 0 Å². The Morgan fingerprint density at radius 2 is 1.85 bits per heavy atom. The summed E-state index contributed by atoms with van der Waals surface area (Å²) >= 11 is 0. The van der Waals surface area contributed by atoms with Crippen LogP contribution in [0.3, 0.4) is 0 Å². The standard InChI is InChI=1S/C15H17N3O2/c19-15(14-8-11-20-17-14)16-12-4-6-13(7-5-12)18-9-2-1-3-10-18/h4-8,11H,1-3,9-10H2,(H,16,19). The van der Waals surface area contributed by atoms with Crippen molar-refractivity contribution in [3.63, 3.8) is 0 Å². The molecule has 2 heterocycles. The van der Waals surface area contributed by atoms with Gasteiger partial charge in [-0.15, -0.1) is 0 Å². The zero-order chi connectivity index (χ0) is 13.8. The summed E-state index contributed by atoms with van der Waals surface area (Å²) < 4.78 is 4.65. The van der Waals surface area contributed by atoms with Crippen LogP contribution < -0.4 is 10.2 Å². The number of amides is 1. The molecule has 1 aromatic heterocycles. The first-order valence-electron chi connectivity index (χ1n) is 6.90. The van der Waals surface area contributed by atoms with Crippen LogP contribution in [-0.2, 0) is 0 Å². The Balaban J connectivity index is 1.65. The van der Waals surface area contributed by atoms with Gasteiger partial charge >= 0.3 is 0 Å². The van der Waals surface area contributed by atoms with E-state index in [0.29, 0.717) is 0 Å². The maximum absolute atomic E-state index is 11.8. The lowest BCUT2D eigenvalue weighted by Gasteiger charge is -2.28. The molecular weight excluding hydrogens is 254 g/mol. The molecule has 1 fully saturated rings. The van der Waals surface area contributed by atoms with E-state index in [9.17, 15) is 4.79 Å². The number of piperidine rings is 1. The van der Waals surface area contributed by atoms with E-state index in [1.165, 1.54) is 37.3 Å². The number of hydrogen-bond donors (Lipinski definition) is 1. The van der Waals surface area contributed by atoms with Crippen molar-refractivity contribution < 1.29 is 9.32 Å². The predicted octanol–water partition coefficient (Wildman–Crippen LogP) is 2.92. The summed E-state index contributed by atoms with van der Waals surface area (Å²) in [5.74, 6) is -0.260. The number of carbonyl (C=O) groups is 1. The molecule has 5 nitrogen and oxygen atoms in total. The normalized spacial score (nSPS) is 15.1. The fraction of sp³-hybridized carbons (Fsp3) is 0.333. The summed E-state index contributed by atoms with van der Waals surface area (Å²) in [4.78, 5) is 14.2. The van der Waals surface area contributed by atoms with E-state index in [2.05, 4.69) is 19.9 Å². The van der Waals surface area contributed by atoms with E-state index in [0.717, 1.165) is 18.8 Å². The Morgan fingerprint density at radius 3 is 2.50 bits per heavy atom. The summed E-state index contributed by atoms with van der Waals surface area (Å²) in [6.45, 7) is 2.23. The van der Waals surface area contributed by atoms with Gasteiger partial charge in [0.15, 0.2) is 5.69 Å². The van der Waals surface area contributed by atoms with Crippen molar-refractivity contribution in [3.05, 3.63) is 42.3 Å². The van der Waals surface area contributed by atoms with Crippen LogP contribution in [0.15, 0.2) is 41.1 Å². The number of nitrogens with zero attached hydrogens (tertiary/aromatic N) is 2. The van der Waals surface area contributed by atoms with Crippen molar-refractivity contribution in [2.75, 3.05) is 23.3 Å². The summed E-state index contributed by atoms with van der Waals surface area (Å²) in [5, 5.41) is 6.40. The van der Waals surface area contributed by atoms with Crippen LogP contribution in [0.25, 0.3) is 0 Å². The van der Waals surface area contributed by atoms with E-state index in [1.807, 2.05) is 24.3 Å². The van der Waals surface area contributed by atoms with Crippen LogP contribution in [0.5, 0.6) is 0 Å². The molecule has 1 amide bonds. The highest BCUT2D eigenvalue weighted by Gasteiger charge is 2.12. The zero-order valence-electron chi connectivity index (χ0n) is 11.2. The fourth-order valence-corrected chi connectivity index (χ4v) is 2.43. The summed E-state index contributed by atoms with van der Waals surface area (Å²) in [5.41, 5.74) is 2.26. The molecule has 0 saturated carbocycles. The molecule has 0 unspecified atom stereocenters. The summed E-state index contributed by atoms with van der Waals surface area (Å²) in [6.07, 6.45) is 5.21. The van der Waals surface area contributed by atoms with Crippen molar-refractivity contribution in [3.8, 4) is 0 Å². The minimum absolute atomic E-state index is 0.260. The second-order valence-corrected chi connectivity index (χ2v) is 4.93. The summed E-state index contributed by atoms with van der Waals surface area (Å²) in [7, 11) is 0. The Morgan fingerprint density at radius 1 is 1.10 bits per heavy atom. The maximum Gasteiger partial charge on any atom is 0.277 e. The molecule has 0 radical (unpaired) electrons. The molecule has 5 heteroatoms. The second kappa shape index (κ2) is 5.77. The highest BCUT2D eigenvalue weighted by Crippen LogP contribution is 2.21. The van der Waals surface area contributed by atoms with Gasteiger partial charge in [-0.1, -0.05) is 5.16 Å². The third kappa shape index (κ3) is 2.82. The number of anilines is 2. The van der Waals surface area contributed by atoms with E-state index >= 15 is 0 Å². The van der Waals surface area contributed by atoms with Crippen LogP contribution in [-0.4, -0.2) is 24.2 Å². The second-order valence-electron chi connectivity index (χ2n) is 4.93. The molecule has 1 aliphatic rings. The molecule has 3 rings (SSSR count). The topological polar surface area (TPSA) is 58.4 Å². The Hall–Kier alpha value is -2.30. The Labute approximate surface area is 117 Å². The van der Waals surface area contributed by atoms with Crippen molar-refractivity contribution in [2.45, 2.75) is 19.3 Å². The minimum atomic E-state index is -0.260. The molecular formula is C15H17N3O2. The third-order valence-corrected chi connectivity index (χ3v) is 3.52. The van der Waals surface area contributed by atoms with Gasteiger partial charge in [-0.2, -0.15) is 0 Å². The van der Waals surface area contributed by atoms with E-state index in [4.69, 9.17) is 0 Å². The average molecular weight is 271 g/mol. The molecule has 0 atom stereocenters. The molecule has 0 aliphatic carbocycles. The first-order chi connectivity index (χ1) is 9.83. The van der Waals surface area contributed by atoms with Gasteiger partial charge in [0, 0.05) is 30.5 Å². The molecule has 2 aromatic rings. The molecule has 0 bridgehead atoms. The highest BCUT2D eigenvalue weighted by atomic mass is 16.5. The first kappa shape index (κ1) is 12.7. The number of carbonyl (C=O) groups excluding carboxylic acids is 1. The van der Waals surface area contributed by atoms with Gasteiger partial charge in [0.1, 0.15) is 6.26 Å². The van der Waals surface area contributed by atoms with Crippen LogP contribution >= 0.6 is 0 Å². The molecule has 0 spiro atoms. The van der Waals surface area contributed by atoms with Crippen molar-refractivity contribution >= 4 is 17.3 Å². The molecule has 1 N–H and O–H groups in total. The molecule has 104 valence electrons. The van der Waals surface area contributed by atoms with Gasteiger partial charge in [-0.05, 0) is 43.5 Å². The summed E-state index contributed by atoms with van der Waals surface area (Å²) in [6, 6.07) is 9.47. The number of aromatic nitrogens is 1. The quantitative estimate of drug-likeness (QED) is 0.932. The van der Waals surface area contributed by atoms with Gasteiger partial charge in [0.2, 0.25) is 0 Å². The average Bonchev–Trinajstić information content (AvgIpc) is 3.03. The van der Waals surface area contributed by atoms with E-state index < -0.39 is 0 Å². The highest BCUT2D eigenvalue weighted by molar-refractivity contribution is 6.02. The van der Waals surface area contributed by atoms with Crippen LogP contribution in [0.1, 0.15) is 29.8 Å². The SMILES string of the molecule is O=C(Nc1ccc(N2CCCCC2)cc1)c1ccon1. The molecule has 1 aromatic carbocycles. The fourth-order valence-electron chi connectivity index (χ4n) is 2.43. The number of benzene rings is 1. The lowest BCUT2D eigenvalue weighted by molar-refractivity contribution is 0.101. The van der Waals surface area contributed by atoms with Crippen LogP contribution in [0.2, 0.25) is 0 Å². The monoisotopic (exact) mass is 271 g/mol. The Kier molecular flexibility index (Phi) is 3.67. The van der Waals surface area contributed by atoms with Gasteiger partial charge in [-0.3, -0.25) is 4.79 Å². The maximum atomic E-state index is 11.8. The van der Waals surface area contributed by atoms with Gasteiger partial charge in [0.05, 0.1) is 0 Å². The third-order valence-electron chi connectivity index (χ3n) is 3.52. The van der Waals surface area contributed by atoms with Crippen molar-refractivity contribution in [1.82, 2.24) is 5.16 Å². The molecule has 20 heavy (non-hydrogen) atoms. The first-order valence-corrected chi connectivity index (χ1v) is 6.90. The lowest BCUT2D eigenvalue weighted by Crippen LogP contribution is -2.29. The molecule has 1 aliphatic heterocycles. The number of nitrogens with one attached hydrogen (secondary N) is 1. The number of hydrogen-bond acceptors (Lipinski definition) is 4. The molecule has 1 saturated heterocycles. The van der Waals surface area contributed by atoms with Crippen molar-refractivity contribution in [2.24, 2.45) is 0 Å². The van der Waals surface area contributed by atoms with Crippen LogP contribution in [0, 0.1) is 0 Å². The predicted molar refractivity (Wildman–Crippen MR) is 77.0 cm³/mol. The van der Waals surface area contributed by atoms with Crippen LogP contribution in [0.4, 0.5) is 11.4 Å².